The summed E-state index contributed by atoms with van der Waals surface area (Å²) < 4.78 is 10.9. The Morgan fingerprint density at radius 3 is 2.92 bits per heavy atom. The molecule has 2 N–H and O–H groups in total. The molecule has 1 aliphatic carbocycles. The Kier molecular flexibility index (Phi) is 2.32. The zero-order chi connectivity index (χ0) is 9.47. The van der Waals surface area contributed by atoms with Gasteiger partial charge in [-0.15, -0.1) is 0 Å². The first-order valence-electron chi connectivity index (χ1n) is 4.75. The second-order valence-corrected chi connectivity index (χ2v) is 3.84. The molecule has 2 rings (SSSR count). The fourth-order valence-electron chi connectivity index (χ4n) is 2.58. The van der Waals surface area contributed by atoms with Crippen molar-refractivity contribution in [1.82, 2.24) is 0 Å². The Labute approximate surface area is 77.5 Å². The summed E-state index contributed by atoms with van der Waals surface area (Å²) in [7, 11) is 1.60. The van der Waals surface area contributed by atoms with Crippen LogP contribution in [-0.4, -0.2) is 41.9 Å². The lowest BCUT2D eigenvalue weighted by Gasteiger charge is -2.26. The number of fused-ring (bicyclic) bond motifs is 1. The number of aliphatic hydroxyl groups is 2. The van der Waals surface area contributed by atoms with Gasteiger partial charge in [-0.2, -0.15) is 0 Å². The molecule has 1 saturated heterocycles. The highest BCUT2D eigenvalue weighted by molar-refractivity contribution is 4.99. The Balaban J connectivity index is 2.18. The van der Waals surface area contributed by atoms with Crippen molar-refractivity contribution in [2.45, 2.75) is 37.3 Å². The summed E-state index contributed by atoms with van der Waals surface area (Å²) in [5.74, 6) is -0.582. The number of aliphatic hydroxyl groups excluding tert-OH is 2. The van der Waals surface area contributed by atoms with E-state index in [0.29, 0.717) is 0 Å². The molecule has 0 aromatic heterocycles. The first kappa shape index (κ1) is 9.40. The van der Waals surface area contributed by atoms with E-state index in [0.717, 1.165) is 19.3 Å². The number of hydrogen-bond donors (Lipinski definition) is 2. The maximum absolute atomic E-state index is 9.79. The van der Waals surface area contributed by atoms with Crippen molar-refractivity contribution in [3.8, 4) is 0 Å². The van der Waals surface area contributed by atoms with Gasteiger partial charge in [-0.1, -0.05) is 0 Å². The van der Waals surface area contributed by atoms with Crippen molar-refractivity contribution in [3.05, 3.63) is 0 Å². The fraction of sp³-hybridized carbons (Fsp3) is 1.00. The summed E-state index contributed by atoms with van der Waals surface area (Å²) in [6.07, 6.45) is 1.72. The minimum atomic E-state index is -0.618. The number of rotatable bonds is 2. The van der Waals surface area contributed by atoms with E-state index in [9.17, 15) is 5.11 Å². The van der Waals surface area contributed by atoms with Gasteiger partial charge in [-0.05, 0) is 12.8 Å². The van der Waals surface area contributed by atoms with Crippen LogP contribution in [0, 0.1) is 5.92 Å². The molecule has 0 bridgehead atoms. The van der Waals surface area contributed by atoms with Gasteiger partial charge in [-0.3, -0.25) is 0 Å². The maximum atomic E-state index is 9.79. The van der Waals surface area contributed by atoms with Crippen molar-refractivity contribution in [1.29, 1.82) is 0 Å². The molecule has 4 atom stereocenters. The smallest absolute Gasteiger partial charge is 0.173 e. The van der Waals surface area contributed by atoms with Crippen LogP contribution in [0.4, 0.5) is 0 Å². The minimum Gasteiger partial charge on any atom is -0.394 e. The van der Waals surface area contributed by atoms with E-state index < -0.39 is 18.0 Å². The zero-order valence-corrected chi connectivity index (χ0v) is 7.77. The van der Waals surface area contributed by atoms with Crippen molar-refractivity contribution in [3.63, 3.8) is 0 Å². The molecule has 1 heterocycles. The highest BCUT2D eigenvalue weighted by atomic mass is 16.7. The lowest BCUT2D eigenvalue weighted by Crippen LogP contribution is -2.35. The first-order chi connectivity index (χ1) is 6.23. The monoisotopic (exact) mass is 188 g/mol. The van der Waals surface area contributed by atoms with E-state index in [-0.39, 0.29) is 12.5 Å². The largest absolute Gasteiger partial charge is 0.394 e. The lowest BCUT2D eigenvalue weighted by molar-refractivity contribution is -0.224. The van der Waals surface area contributed by atoms with Crippen molar-refractivity contribution in [2.24, 2.45) is 5.92 Å². The van der Waals surface area contributed by atoms with E-state index in [2.05, 4.69) is 0 Å². The molecule has 1 saturated carbocycles. The molecule has 0 aromatic carbocycles. The molecule has 2 fully saturated rings. The first-order valence-corrected chi connectivity index (χ1v) is 4.75. The van der Waals surface area contributed by atoms with E-state index in [1.807, 2.05) is 0 Å². The summed E-state index contributed by atoms with van der Waals surface area (Å²) in [5.41, 5.74) is 0. The predicted molar refractivity (Wildman–Crippen MR) is 45.0 cm³/mol. The molecule has 4 heteroatoms. The number of hydrogen-bond acceptors (Lipinski definition) is 4. The molecule has 0 unspecified atom stereocenters. The van der Waals surface area contributed by atoms with Crippen LogP contribution in [0.1, 0.15) is 19.3 Å². The van der Waals surface area contributed by atoms with Crippen LogP contribution in [0.3, 0.4) is 0 Å². The Bertz CT molecular complexity index is 196. The third-order valence-corrected chi connectivity index (χ3v) is 3.27. The van der Waals surface area contributed by atoms with Crippen LogP contribution < -0.4 is 0 Å². The van der Waals surface area contributed by atoms with E-state index in [4.69, 9.17) is 14.6 Å². The Morgan fingerprint density at radius 1 is 1.62 bits per heavy atom. The van der Waals surface area contributed by atoms with E-state index in [1.165, 1.54) is 0 Å². The Hall–Kier alpha value is -0.160. The van der Waals surface area contributed by atoms with Crippen molar-refractivity contribution in [2.75, 3.05) is 13.7 Å². The molecule has 0 amide bonds. The van der Waals surface area contributed by atoms with E-state index in [1.54, 1.807) is 7.11 Å². The van der Waals surface area contributed by atoms with Gasteiger partial charge in [0, 0.05) is 19.4 Å². The molecule has 76 valence electrons. The van der Waals surface area contributed by atoms with Gasteiger partial charge < -0.3 is 19.7 Å². The zero-order valence-electron chi connectivity index (χ0n) is 7.77. The van der Waals surface area contributed by atoms with Crippen LogP contribution in [-0.2, 0) is 9.47 Å². The van der Waals surface area contributed by atoms with Gasteiger partial charge in [0.15, 0.2) is 5.79 Å². The molecular weight excluding hydrogens is 172 g/mol. The topological polar surface area (TPSA) is 58.9 Å². The molecule has 0 aromatic rings. The lowest BCUT2D eigenvalue weighted by atomic mass is 9.96. The number of ether oxygens (including phenoxy) is 2. The standard InChI is InChI=1S/C9H16O4/c1-12-9-4-2-3-6(9)8(11)7(5-10)13-9/h6-8,10-11H,2-5H2,1H3/t6-,7+,8-,9-/m0/s1. The average molecular weight is 188 g/mol. The summed E-state index contributed by atoms with van der Waals surface area (Å²) >= 11 is 0. The van der Waals surface area contributed by atoms with Gasteiger partial charge >= 0.3 is 0 Å². The average Bonchev–Trinajstić information content (AvgIpc) is 2.66. The van der Waals surface area contributed by atoms with Gasteiger partial charge in [0.05, 0.1) is 12.7 Å². The molecule has 0 spiro atoms. The van der Waals surface area contributed by atoms with Gasteiger partial charge in [-0.25, -0.2) is 0 Å². The third-order valence-electron chi connectivity index (χ3n) is 3.27. The normalized spacial score (nSPS) is 49.6. The van der Waals surface area contributed by atoms with Crippen LogP contribution >= 0.6 is 0 Å². The molecule has 4 nitrogen and oxygen atoms in total. The SMILES string of the molecule is CO[C@]12CCC[C@H]1[C@H](O)[C@@H](CO)O2. The molecule has 0 radical (unpaired) electrons. The van der Waals surface area contributed by atoms with Crippen LogP contribution in [0.2, 0.25) is 0 Å². The molecular formula is C9H16O4. The van der Waals surface area contributed by atoms with Crippen LogP contribution in [0.5, 0.6) is 0 Å². The molecule has 2 aliphatic rings. The van der Waals surface area contributed by atoms with Gasteiger partial charge in [0.25, 0.3) is 0 Å². The van der Waals surface area contributed by atoms with Gasteiger partial charge in [0.2, 0.25) is 0 Å². The van der Waals surface area contributed by atoms with Gasteiger partial charge in [0.1, 0.15) is 6.10 Å². The fourth-order valence-corrected chi connectivity index (χ4v) is 2.58. The molecule has 1 aliphatic heterocycles. The van der Waals surface area contributed by atoms with Crippen molar-refractivity contribution < 1.29 is 19.7 Å². The summed E-state index contributed by atoms with van der Waals surface area (Å²) in [6, 6.07) is 0. The van der Waals surface area contributed by atoms with E-state index >= 15 is 0 Å². The highest BCUT2D eigenvalue weighted by Crippen LogP contribution is 2.48. The summed E-state index contributed by atoms with van der Waals surface area (Å²) in [4.78, 5) is 0. The summed E-state index contributed by atoms with van der Waals surface area (Å²) in [5, 5.41) is 18.8. The minimum absolute atomic E-state index is 0.0367. The quantitative estimate of drug-likeness (QED) is 0.634. The van der Waals surface area contributed by atoms with Crippen LogP contribution in [0.15, 0.2) is 0 Å². The second-order valence-electron chi connectivity index (χ2n) is 3.84. The highest BCUT2D eigenvalue weighted by Gasteiger charge is 2.57. The van der Waals surface area contributed by atoms with Crippen molar-refractivity contribution >= 4 is 0 Å². The number of methoxy groups -OCH3 is 1. The third kappa shape index (κ3) is 1.21. The summed E-state index contributed by atoms with van der Waals surface area (Å²) in [6.45, 7) is -0.136. The second kappa shape index (κ2) is 3.20. The Morgan fingerprint density at radius 2 is 2.38 bits per heavy atom. The predicted octanol–water partition coefficient (Wildman–Crippen LogP) is -0.119. The molecule has 13 heavy (non-hydrogen) atoms. The maximum Gasteiger partial charge on any atom is 0.173 e. The van der Waals surface area contributed by atoms with Crippen LogP contribution in [0.25, 0.3) is 0 Å².